The number of methoxy groups -OCH3 is 1. The summed E-state index contributed by atoms with van der Waals surface area (Å²) in [5, 5.41) is 9.82. The van der Waals surface area contributed by atoms with Gasteiger partial charge in [0.05, 0.1) is 13.7 Å². The van der Waals surface area contributed by atoms with Crippen molar-refractivity contribution in [2.75, 3.05) is 7.11 Å². The lowest BCUT2D eigenvalue weighted by Gasteiger charge is -2.18. The fourth-order valence-electron chi connectivity index (χ4n) is 1.62. The highest BCUT2D eigenvalue weighted by Crippen LogP contribution is 2.14. The predicted molar refractivity (Wildman–Crippen MR) is 77.2 cm³/mol. The number of rotatable bonds is 7. The van der Waals surface area contributed by atoms with Crippen LogP contribution in [0.4, 0.5) is 0 Å². The number of ether oxygens (including phenoxy) is 2. The van der Waals surface area contributed by atoms with Crippen molar-refractivity contribution in [2.24, 2.45) is 0 Å². The fourth-order valence-corrected chi connectivity index (χ4v) is 1.62. The molecule has 19 heavy (non-hydrogen) atoms. The molecule has 1 rings (SSSR count). The van der Waals surface area contributed by atoms with Gasteiger partial charge in [-0.25, -0.2) is 0 Å². The van der Waals surface area contributed by atoms with E-state index in [1.54, 1.807) is 7.11 Å². The molecule has 0 saturated carbocycles. The minimum atomic E-state index is -0.701. The lowest BCUT2D eigenvalue weighted by Crippen LogP contribution is -2.25. The zero-order valence-corrected chi connectivity index (χ0v) is 11.8. The summed E-state index contributed by atoms with van der Waals surface area (Å²) in [7, 11) is 1.64. The summed E-state index contributed by atoms with van der Waals surface area (Å²) in [6, 6.07) is 7.66. The van der Waals surface area contributed by atoms with Crippen LogP contribution in [0.25, 0.3) is 0 Å². The third-order valence-electron chi connectivity index (χ3n) is 2.68. The largest absolute Gasteiger partial charge is 0.497 e. The molecule has 1 N–H and O–H groups in total. The van der Waals surface area contributed by atoms with Crippen molar-refractivity contribution in [3.8, 4) is 5.75 Å². The molecule has 0 spiro atoms. The first-order chi connectivity index (χ1) is 9.06. The van der Waals surface area contributed by atoms with Crippen molar-refractivity contribution in [1.82, 2.24) is 0 Å². The Labute approximate surface area is 115 Å². The third kappa shape index (κ3) is 5.28. The van der Waals surface area contributed by atoms with Gasteiger partial charge in [0, 0.05) is 0 Å². The van der Waals surface area contributed by atoms with E-state index in [1.807, 2.05) is 44.2 Å². The number of hydrogen-bond acceptors (Lipinski definition) is 3. The highest BCUT2D eigenvalue weighted by atomic mass is 16.5. The van der Waals surface area contributed by atoms with E-state index in [-0.39, 0.29) is 6.10 Å². The van der Waals surface area contributed by atoms with E-state index < -0.39 is 6.10 Å². The molecular formula is C16H22O3. The Morgan fingerprint density at radius 3 is 2.42 bits per heavy atom. The zero-order chi connectivity index (χ0) is 14.3. The first-order valence-electron chi connectivity index (χ1n) is 6.27. The van der Waals surface area contributed by atoms with Crippen LogP contribution in [-0.2, 0) is 11.3 Å². The maximum Gasteiger partial charge on any atom is 0.118 e. The van der Waals surface area contributed by atoms with E-state index >= 15 is 0 Å². The molecule has 104 valence electrons. The topological polar surface area (TPSA) is 38.7 Å². The number of aliphatic hydroxyl groups is 1. The molecule has 0 unspecified atom stereocenters. The summed E-state index contributed by atoms with van der Waals surface area (Å²) in [5.74, 6) is 0.815. The average molecular weight is 262 g/mol. The van der Waals surface area contributed by atoms with Crippen LogP contribution in [0.3, 0.4) is 0 Å². The van der Waals surface area contributed by atoms with E-state index in [1.165, 1.54) is 6.08 Å². The van der Waals surface area contributed by atoms with Crippen LogP contribution in [0.1, 0.15) is 19.4 Å². The average Bonchev–Trinajstić information content (AvgIpc) is 2.42. The lowest BCUT2D eigenvalue weighted by molar-refractivity contribution is 0.00163. The predicted octanol–water partition coefficient (Wildman–Crippen LogP) is 3.09. The second-order valence-corrected chi connectivity index (χ2v) is 4.59. The number of benzene rings is 1. The fraction of sp³-hybridized carbons (Fsp3) is 0.375. The van der Waals surface area contributed by atoms with Crippen molar-refractivity contribution in [2.45, 2.75) is 32.7 Å². The van der Waals surface area contributed by atoms with Gasteiger partial charge in [-0.15, -0.1) is 6.58 Å². The van der Waals surface area contributed by atoms with Crippen molar-refractivity contribution in [3.05, 3.63) is 54.1 Å². The molecule has 1 aromatic rings. The maximum atomic E-state index is 9.82. The van der Waals surface area contributed by atoms with E-state index in [4.69, 9.17) is 9.47 Å². The minimum Gasteiger partial charge on any atom is -0.497 e. The molecule has 0 radical (unpaired) electrons. The summed E-state index contributed by atoms with van der Waals surface area (Å²) in [5.41, 5.74) is 2.13. The van der Waals surface area contributed by atoms with Crippen LogP contribution in [0.15, 0.2) is 48.6 Å². The molecule has 0 heterocycles. The normalized spacial score (nSPS) is 13.5. The number of aliphatic hydroxyl groups excluding tert-OH is 1. The van der Waals surface area contributed by atoms with Gasteiger partial charge in [-0.2, -0.15) is 0 Å². The second-order valence-electron chi connectivity index (χ2n) is 4.59. The molecule has 1 aromatic carbocycles. The molecule has 3 nitrogen and oxygen atoms in total. The Bertz CT molecular complexity index is 416. The van der Waals surface area contributed by atoms with Gasteiger partial charge in [0.15, 0.2) is 0 Å². The van der Waals surface area contributed by atoms with E-state index in [2.05, 4.69) is 6.58 Å². The number of hydrogen-bond donors (Lipinski definition) is 1. The van der Waals surface area contributed by atoms with Gasteiger partial charge in [0.25, 0.3) is 0 Å². The van der Waals surface area contributed by atoms with E-state index in [9.17, 15) is 5.11 Å². The quantitative estimate of drug-likeness (QED) is 0.767. The smallest absolute Gasteiger partial charge is 0.118 e. The minimum absolute atomic E-state index is 0.371. The Kier molecular flexibility index (Phi) is 6.33. The SMILES string of the molecule is C=C[C@H](O)[C@H](C=C(C)C)OCc1ccc(OC)cc1. The van der Waals surface area contributed by atoms with Crippen molar-refractivity contribution < 1.29 is 14.6 Å². The van der Waals surface area contributed by atoms with Crippen molar-refractivity contribution in [3.63, 3.8) is 0 Å². The molecule has 0 aromatic heterocycles. The Balaban J connectivity index is 2.64. The van der Waals surface area contributed by atoms with Crippen LogP contribution in [0.2, 0.25) is 0 Å². The van der Waals surface area contributed by atoms with Gasteiger partial charge in [-0.1, -0.05) is 29.9 Å². The summed E-state index contributed by atoms with van der Waals surface area (Å²) >= 11 is 0. The monoisotopic (exact) mass is 262 g/mol. The van der Waals surface area contributed by atoms with Crippen LogP contribution in [0, 0.1) is 0 Å². The summed E-state index contributed by atoms with van der Waals surface area (Å²) in [6.07, 6.45) is 2.31. The Morgan fingerprint density at radius 1 is 1.32 bits per heavy atom. The third-order valence-corrected chi connectivity index (χ3v) is 2.68. The van der Waals surface area contributed by atoms with E-state index in [0.717, 1.165) is 16.9 Å². The highest BCUT2D eigenvalue weighted by molar-refractivity contribution is 5.26. The molecule has 0 saturated heterocycles. The maximum absolute atomic E-state index is 9.82. The first kappa shape index (κ1) is 15.5. The van der Waals surface area contributed by atoms with Crippen molar-refractivity contribution in [1.29, 1.82) is 0 Å². The van der Waals surface area contributed by atoms with E-state index in [0.29, 0.717) is 6.61 Å². The molecule has 0 aliphatic carbocycles. The van der Waals surface area contributed by atoms with Crippen LogP contribution in [0.5, 0.6) is 5.75 Å². The Hall–Kier alpha value is -1.58. The Morgan fingerprint density at radius 2 is 1.95 bits per heavy atom. The molecule has 0 aliphatic heterocycles. The molecule has 0 aliphatic rings. The molecule has 0 amide bonds. The molecule has 2 atom stereocenters. The lowest BCUT2D eigenvalue weighted by atomic mass is 10.1. The molecule has 0 fully saturated rings. The summed E-state index contributed by atoms with van der Waals surface area (Å²) < 4.78 is 10.8. The second kappa shape index (κ2) is 7.77. The highest BCUT2D eigenvalue weighted by Gasteiger charge is 2.14. The van der Waals surface area contributed by atoms with Gasteiger partial charge in [-0.05, 0) is 31.5 Å². The molecular weight excluding hydrogens is 240 g/mol. The van der Waals surface area contributed by atoms with Gasteiger partial charge in [-0.3, -0.25) is 0 Å². The number of allylic oxidation sites excluding steroid dienone is 1. The molecule has 3 heteroatoms. The summed E-state index contributed by atoms with van der Waals surface area (Å²) in [6.45, 7) is 7.97. The zero-order valence-electron chi connectivity index (χ0n) is 11.8. The molecule has 0 bridgehead atoms. The van der Waals surface area contributed by atoms with Crippen molar-refractivity contribution >= 4 is 0 Å². The standard InChI is InChI=1S/C16H22O3/c1-5-15(17)16(10-12(2)3)19-11-13-6-8-14(18-4)9-7-13/h5-10,15-17H,1,11H2,2-4H3/t15-,16-/m0/s1. The van der Waals surface area contributed by atoms with Crippen LogP contribution < -0.4 is 4.74 Å². The first-order valence-corrected chi connectivity index (χ1v) is 6.27. The van der Waals surface area contributed by atoms with Gasteiger partial charge in [0.2, 0.25) is 0 Å². The van der Waals surface area contributed by atoms with Crippen LogP contribution >= 0.6 is 0 Å². The van der Waals surface area contributed by atoms with Gasteiger partial charge < -0.3 is 14.6 Å². The van der Waals surface area contributed by atoms with Gasteiger partial charge >= 0.3 is 0 Å². The summed E-state index contributed by atoms with van der Waals surface area (Å²) in [4.78, 5) is 0. The van der Waals surface area contributed by atoms with Crippen LogP contribution in [-0.4, -0.2) is 24.4 Å². The van der Waals surface area contributed by atoms with Gasteiger partial charge in [0.1, 0.15) is 18.0 Å².